The molecule has 0 aromatic heterocycles. The van der Waals surface area contributed by atoms with Gasteiger partial charge in [-0.1, -0.05) is 37.0 Å². The Morgan fingerprint density at radius 2 is 2.00 bits per heavy atom. The van der Waals surface area contributed by atoms with Crippen LogP contribution in [0.2, 0.25) is 0 Å². The van der Waals surface area contributed by atoms with E-state index < -0.39 is 0 Å². The summed E-state index contributed by atoms with van der Waals surface area (Å²) in [6.45, 7) is 11.2. The molecule has 0 unspecified atom stereocenters. The molecule has 0 aliphatic carbocycles. The molecule has 0 saturated carbocycles. The zero-order valence-electron chi connectivity index (χ0n) is 7.22. The molecule has 0 N–H and O–H groups in total. The van der Waals surface area contributed by atoms with E-state index in [0.717, 1.165) is 11.1 Å². The molecule has 0 aliphatic heterocycles. The minimum atomic E-state index is 1.05. The van der Waals surface area contributed by atoms with E-state index in [-0.39, 0.29) is 0 Å². The number of hydrogen-bond acceptors (Lipinski definition) is 0. The van der Waals surface area contributed by atoms with E-state index in [1.54, 1.807) is 0 Å². The Bertz CT molecular complexity index is 233. The van der Waals surface area contributed by atoms with Crippen LogP contribution in [0.5, 0.6) is 0 Å². The van der Waals surface area contributed by atoms with Gasteiger partial charge in [0.05, 0.1) is 0 Å². The van der Waals surface area contributed by atoms with Crippen molar-refractivity contribution in [1.29, 1.82) is 0 Å². The molecule has 0 nitrogen and oxygen atoms in total. The number of rotatable bonds is 3. The molecule has 58 valence electrons. The average molecular weight is 146 g/mol. The van der Waals surface area contributed by atoms with Crippen LogP contribution < -0.4 is 0 Å². The highest BCUT2D eigenvalue weighted by Crippen LogP contribution is 1.95. The van der Waals surface area contributed by atoms with Gasteiger partial charge in [-0.3, -0.25) is 0 Å². The Balaban J connectivity index is 4.11. The van der Waals surface area contributed by atoms with Crippen LogP contribution in [-0.4, -0.2) is 0 Å². The molecule has 0 bridgehead atoms. The van der Waals surface area contributed by atoms with Gasteiger partial charge in [0.2, 0.25) is 0 Å². The fraction of sp³-hybridized carbons (Fsp3) is 0.182. The lowest BCUT2D eigenvalue weighted by Crippen LogP contribution is -1.64. The normalized spacial score (nSPS) is 11.3. The van der Waals surface area contributed by atoms with Gasteiger partial charge >= 0.3 is 0 Å². The lowest BCUT2D eigenvalue weighted by Gasteiger charge is -1.84. The Morgan fingerprint density at radius 3 is 2.45 bits per heavy atom. The van der Waals surface area contributed by atoms with Crippen molar-refractivity contribution in [2.75, 3.05) is 0 Å². The first-order valence-corrected chi connectivity index (χ1v) is 3.53. The van der Waals surface area contributed by atoms with E-state index in [0.29, 0.717) is 0 Å². The zero-order valence-corrected chi connectivity index (χ0v) is 7.22. The number of allylic oxidation sites excluding steroid dienone is 6. The average Bonchev–Trinajstić information content (AvgIpc) is 1.87. The molecular weight excluding hydrogens is 132 g/mol. The molecule has 0 aromatic rings. The largest absolute Gasteiger partial charge is 0.128 e. The van der Waals surface area contributed by atoms with Crippen molar-refractivity contribution >= 4 is 0 Å². The summed E-state index contributed by atoms with van der Waals surface area (Å²) < 4.78 is 0. The highest BCUT2D eigenvalue weighted by atomic mass is 13.8. The van der Waals surface area contributed by atoms with E-state index in [9.17, 15) is 0 Å². The molecule has 0 heterocycles. The van der Waals surface area contributed by atoms with E-state index in [4.69, 9.17) is 0 Å². The van der Waals surface area contributed by atoms with Crippen LogP contribution in [0, 0.1) is 0 Å². The van der Waals surface area contributed by atoms with Crippen LogP contribution in [0.3, 0.4) is 0 Å². The van der Waals surface area contributed by atoms with Gasteiger partial charge in [0.15, 0.2) is 0 Å². The first-order valence-electron chi connectivity index (χ1n) is 3.53. The first kappa shape index (κ1) is 9.74. The third kappa shape index (κ3) is 6.63. The quantitative estimate of drug-likeness (QED) is 0.423. The molecule has 0 heteroatoms. The molecule has 0 aromatic carbocycles. The van der Waals surface area contributed by atoms with Gasteiger partial charge in [0, 0.05) is 0 Å². The number of hydrogen-bond donors (Lipinski definition) is 0. The molecule has 0 rings (SSSR count). The maximum absolute atomic E-state index is 3.74. The lowest BCUT2D eigenvalue weighted by atomic mass is 10.2. The second kappa shape index (κ2) is 5.52. The van der Waals surface area contributed by atoms with Crippen molar-refractivity contribution in [3.63, 3.8) is 0 Å². The molecule has 11 heavy (non-hydrogen) atoms. The predicted octanol–water partition coefficient (Wildman–Crippen LogP) is 3.41. The molecule has 0 spiro atoms. The molecule has 0 saturated heterocycles. The van der Waals surface area contributed by atoms with Crippen LogP contribution in [0.25, 0.3) is 0 Å². The van der Waals surface area contributed by atoms with Gasteiger partial charge in [-0.05, 0) is 25.5 Å². The SMILES string of the molecule is C=C=C/C(C)=C\C=C\C(=C)C. The second-order valence-electron chi connectivity index (χ2n) is 2.46. The summed E-state index contributed by atoms with van der Waals surface area (Å²) in [5, 5.41) is 0. The van der Waals surface area contributed by atoms with Crippen molar-refractivity contribution < 1.29 is 0 Å². The van der Waals surface area contributed by atoms with Crippen LogP contribution in [-0.2, 0) is 0 Å². The summed E-state index contributed by atoms with van der Waals surface area (Å²) in [6, 6.07) is 0. The van der Waals surface area contributed by atoms with Gasteiger partial charge in [-0.2, -0.15) is 0 Å². The maximum atomic E-state index is 3.74. The topological polar surface area (TPSA) is 0 Å². The Labute approximate surface area is 68.9 Å². The molecule has 0 fully saturated rings. The van der Waals surface area contributed by atoms with Gasteiger partial charge in [-0.25, -0.2) is 0 Å². The standard InChI is InChI=1S/C11H14/c1-5-7-11(4)9-6-8-10(2)3/h6-9H,1-2H2,3-4H3/b8-6+,11-9-. The van der Waals surface area contributed by atoms with Gasteiger partial charge in [-0.15, -0.1) is 5.73 Å². The lowest BCUT2D eigenvalue weighted by molar-refractivity contribution is 1.51. The fourth-order valence-electron chi connectivity index (χ4n) is 0.573. The molecular formula is C11H14. The monoisotopic (exact) mass is 146 g/mol. The van der Waals surface area contributed by atoms with E-state index in [2.05, 4.69) is 18.9 Å². The van der Waals surface area contributed by atoms with E-state index >= 15 is 0 Å². The molecule has 0 atom stereocenters. The third-order valence-electron chi connectivity index (χ3n) is 1.07. The summed E-state index contributed by atoms with van der Waals surface area (Å²) in [6.07, 6.45) is 7.75. The second-order valence-corrected chi connectivity index (χ2v) is 2.46. The smallest absolute Gasteiger partial charge is 0.0177 e. The first-order chi connectivity index (χ1) is 5.16. The highest BCUT2D eigenvalue weighted by Gasteiger charge is 1.75. The Kier molecular flexibility index (Phi) is 4.89. The van der Waals surface area contributed by atoms with Crippen LogP contribution >= 0.6 is 0 Å². The van der Waals surface area contributed by atoms with Crippen LogP contribution in [0.4, 0.5) is 0 Å². The summed E-state index contributed by atoms with van der Waals surface area (Å²) in [5.74, 6) is 0. The van der Waals surface area contributed by atoms with E-state index in [1.165, 1.54) is 0 Å². The highest BCUT2D eigenvalue weighted by molar-refractivity contribution is 5.24. The minimum Gasteiger partial charge on any atom is -0.128 e. The Hall–Kier alpha value is -1.26. The maximum Gasteiger partial charge on any atom is -0.0177 e. The van der Waals surface area contributed by atoms with Crippen LogP contribution in [0.15, 0.2) is 54.3 Å². The summed E-state index contributed by atoms with van der Waals surface area (Å²) in [5.41, 5.74) is 4.89. The third-order valence-corrected chi connectivity index (χ3v) is 1.07. The van der Waals surface area contributed by atoms with Gasteiger partial charge < -0.3 is 0 Å². The van der Waals surface area contributed by atoms with Crippen LogP contribution in [0.1, 0.15) is 13.8 Å². The van der Waals surface area contributed by atoms with Crippen molar-refractivity contribution in [3.05, 3.63) is 54.3 Å². The fourth-order valence-corrected chi connectivity index (χ4v) is 0.573. The Morgan fingerprint density at radius 1 is 1.36 bits per heavy atom. The summed E-state index contributed by atoms with van der Waals surface area (Å²) in [7, 11) is 0. The molecule has 0 amide bonds. The van der Waals surface area contributed by atoms with Crippen molar-refractivity contribution in [2.24, 2.45) is 0 Å². The van der Waals surface area contributed by atoms with E-state index in [1.807, 2.05) is 38.2 Å². The van der Waals surface area contributed by atoms with Crippen molar-refractivity contribution in [2.45, 2.75) is 13.8 Å². The molecule has 0 aliphatic rings. The minimum absolute atomic E-state index is 1.05. The summed E-state index contributed by atoms with van der Waals surface area (Å²) >= 11 is 0. The van der Waals surface area contributed by atoms with Gasteiger partial charge in [0.1, 0.15) is 0 Å². The zero-order chi connectivity index (χ0) is 8.69. The molecule has 0 radical (unpaired) electrons. The van der Waals surface area contributed by atoms with Crippen molar-refractivity contribution in [1.82, 2.24) is 0 Å². The predicted molar refractivity (Wildman–Crippen MR) is 51.4 cm³/mol. The van der Waals surface area contributed by atoms with Gasteiger partial charge in [0.25, 0.3) is 0 Å². The summed E-state index contributed by atoms with van der Waals surface area (Å²) in [4.78, 5) is 0. The van der Waals surface area contributed by atoms with Crippen molar-refractivity contribution in [3.8, 4) is 0 Å².